The van der Waals surface area contributed by atoms with Crippen LogP contribution in [-0.4, -0.2) is 33.2 Å². The molecule has 0 aliphatic carbocycles. The van der Waals surface area contributed by atoms with Crippen LogP contribution >= 0.6 is 23.2 Å². The zero-order chi connectivity index (χ0) is 19.1. The summed E-state index contributed by atoms with van der Waals surface area (Å²) in [6.45, 7) is 2.07. The molecule has 1 atom stereocenters. The fourth-order valence-electron chi connectivity index (χ4n) is 3.22. The van der Waals surface area contributed by atoms with Crippen molar-refractivity contribution in [1.82, 2.24) is 0 Å². The van der Waals surface area contributed by atoms with Gasteiger partial charge in [0.15, 0.2) is 0 Å². The number of amides is 1. The van der Waals surface area contributed by atoms with E-state index in [1.165, 1.54) is 12.1 Å². The maximum atomic E-state index is 13.1. The summed E-state index contributed by atoms with van der Waals surface area (Å²) >= 11 is 12.2. The van der Waals surface area contributed by atoms with Crippen LogP contribution in [0.1, 0.15) is 12.5 Å². The summed E-state index contributed by atoms with van der Waals surface area (Å²) in [4.78, 5) is 14.7. The van der Waals surface area contributed by atoms with Crippen LogP contribution in [0, 0.1) is 0 Å². The Hall–Kier alpha value is -1.76. The molecule has 1 heterocycles. The number of carbonyl (C=O) groups is 1. The Morgan fingerprint density at radius 3 is 2.58 bits per heavy atom. The Labute approximate surface area is 163 Å². The minimum Gasteiger partial charge on any atom is -0.310 e. The normalized spacial score (nSPS) is 14.8. The van der Waals surface area contributed by atoms with Crippen molar-refractivity contribution in [2.24, 2.45) is 0 Å². The molecule has 0 N–H and O–H groups in total. The van der Waals surface area contributed by atoms with Gasteiger partial charge < -0.3 is 4.90 Å². The second kappa shape index (κ2) is 7.10. The smallest absolute Gasteiger partial charge is 0.250 e. The van der Waals surface area contributed by atoms with Crippen molar-refractivity contribution in [2.75, 3.05) is 22.0 Å². The lowest BCUT2D eigenvalue weighted by Crippen LogP contribution is -2.49. The zero-order valence-electron chi connectivity index (χ0n) is 14.3. The predicted molar refractivity (Wildman–Crippen MR) is 106 cm³/mol. The Morgan fingerprint density at radius 1 is 1.19 bits per heavy atom. The van der Waals surface area contributed by atoms with E-state index >= 15 is 0 Å². The average Bonchev–Trinajstić information content (AvgIpc) is 3.00. The van der Waals surface area contributed by atoms with Crippen molar-refractivity contribution < 1.29 is 13.2 Å². The number of rotatable bonds is 4. The Balaban J connectivity index is 2.01. The quantitative estimate of drug-likeness (QED) is 0.768. The predicted octanol–water partition coefficient (Wildman–Crippen LogP) is 3.74. The second-order valence-corrected chi connectivity index (χ2v) is 8.90. The lowest BCUT2D eigenvalue weighted by atomic mass is 10.2. The number of sulfonamides is 1. The average molecular weight is 413 g/mol. The lowest BCUT2D eigenvalue weighted by Gasteiger charge is -2.31. The summed E-state index contributed by atoms with van der Waals surface area (Å²) in [5, 5.41) is 0.547. The number of halogens is 2. The molecule has 1 aliphatic heterocycles. The highest BCUT2D eigenvalue weighted by Gasteiger charge is 2.35. The van der Waals surface area contributed by atoms with Crippen LogP contribution in [0.4, 0.5) is 11.4 Å². The molecular weight excluding hydrogens is 395 g/mol. The van der Waals surface area contributed by atoms with Gasteiger partial charge in [-0.25, -0.2) is 8.42 Å². The van der Waals surface area contributed by atoms with E-state index in [0.717, 1.165) is 28.2 Å². The van der Waals surface area contributed by atoms with Crippen LogP contribution in [0.25, 0.3) is 0 Å². The van der Waals surface area contributed by atoms with Crippen molar-refractivity contribution >= 4 is 50.5 Å². The summed E-state index contributed by atoms with van der Waals surface area (Å²) in [5.74, 6) is -0.309. The second-order valence-electron chi connectivity index (χ2n) is 6.20. The van der Waals surface area contributed by atoms with E-state index in [1.807, 2.05) is 24.3 Å². The number of fused-ring (bicyclic) bond motifs is 1. The van der Waals surface area contributed by atoms with Gasteiger partial charge in [0, 0.05) is 17.3 Å². The van der Waals surface area contributed by atoms with Crippen molar-refractivity contribution in [1.29, 1.82) is 0 Å². The first-order chi connectivity index (χ1) is 12.2. The van der Waals surface area contributed by atoms with E-state index < -0.39 is 16.1 Å². The summed E-state index contributed by atoms with van der Waals surface area (Å²) in [7, 11) is -3.77. The third-order valence-corrected chi connectivity index (χ3v) is 6.15. The van der Waals surface area contributed by atoms with E-state index in [0.29, 0.717) is 11.6 Å². The molecule has 0 bridgehead atoms. The third kappa shape index (κ3) is 3.54. The molecule has 0 saturated carbocycles. The molecule has 8 heteroatoms. The zero-order valence-corrected chi connectivity index (χ0v) is 16.6. The van der Waals surface area contributed by atoms with E-state index in [9.17, 15) is 13.2 Å². The highest BCUT2D eigenvalue weighted by atomic mass is 35.5. The number of hydrogen-bond acceptors (Lipinski definition) is 3. The topological polar surface area (TPSA) is 57.7 Å². The first-order valence-electron chi connectivity index (χ1n) is 8.04. The number of hydrogen-bond donors (Lipinski definition) is 0. The minimum atomic E-state index is -3.77. The molecule has 0 radical (unpaired) electrons. The molecular formula is C18H18Cl2N2O3S. The fraction of sp³-hybridized carbons (Fsp3) is 0.278. The maximum Gasteiger partial charge on any atom is 0.250 e. The van der Waals surface area contributed by atoms with Crippen molar-refractivity contribution in [3.8, 4) is 0 Å². The molecule has 2 aromatic rings. The van der Waals surface area contributed by atoms with Gasteiger partial charge in [-0.3, -0.25) is 9.10 Å². The number of anilines is 2. The molecule has 138 valence electrons. The van der Waals surface area contributed by atoms with E-state index in [2.05, 4.69) is 0 Å². The lowest BCUT2D eigenvalue weighted by molar-refractivity contribution is -0.119. The molecule has 5 nitrogen and oxygen atoms in total. The van der Waals surface area contributed by atoms with E-state index in [1.54, 1.807) is 17.9 Å². The number of benzene rings is 2. The molecule has 1 aliphatic rings. The highest BCUT2D eigenvalue weighted by Crippen LogP contribution is 2.34. The molecule has 2 aromatic carbocycles. The largest absolute Gasteiger partial charge is 0.310 e. The standard InChI is InChI=1S/C18H18Cl2N2O3S/c1-12(18(23)21-10-9-13-5-3-4-6-16(13)21)22(26(2,24)25)17-11-14(19)7-8-15(17)20/h3-8,11-12H,9-10H2,1-2H3/t12-/m0/s1. The number of nitrogens with zero attached hydrogens (tertiary/aromatic N) is 2. The van der Waals surface area contributed by atoms with Crippen LogP contribution in [0.5, 0.6) is 0 Å². The van der Waals surface area contributed by atoms with Crippen LogP contribution in [0.3, 0.4) is 0 Å². The molecule has 1 amide bonds. The van der Waals surface area contributed by atoms with Gasteiger partial charge >= 0.3 is 0 Å². The molecule has 0 unspecified atom stereocenters. The molecule has 26 heavy (non-hydrogen) atoms. The maximum absolute atomic E-state index is 13.1. The molecule has 0 aromatic heterocycles. The van der Waals surface area contributed by atoms with Gasteiger partial charge in [0.25, 0.3) is 5.91 Å². The Morgan fingerprint density at radius 2 is 1.88 bits per heavy atom. The Bertz CT molecular complexity index is 963. The van der Waals surface area contributed by atoms with Crippen LogP contribution in [-0.2, 0) is 21.2 Å². The molecule has 0 saturated heterocycles. The monoisotopic (exact) mass is 412 g/mol. The van der Waals surface area contributed by atoms with Gasteiger partial charge in [0.05, 0.1) is 17.0 Å². The van der Waals surface area contributed by atoms with Crippen LogP contribution < -0.4 is 9.21 Å². The first kappa shape index (κ1) is 19.0. The number of carbonyl (C=O) groups excluding carboxylic acids is 1. The van der Waals surface area contributed by atoms with Crippen LogP contribution in [0.15, 0.2) is 42.5 Å². The number of para-hydroxylation sites is 1. The Kier molecular flexibility index (Phi) is 5.19. The molecule has 3 rings (SSSR count). The SMILES string of the molecule is C[C@@H](C(=O)N1CCc2ccccc21)N(c1cc(Cl)ccc1Cl)S(C)(=O)=O. The van der Waals surface area contributed by atoms with Crippen LogP contribution in [0.2, 0.25) is 10.0 Å². The van der Waals surface area contributed by atoms with Crippen molar-refractivity contribution in [3.63, 3.8) is 0 Å². The summed E-state index contributed by atoms with van der Waals surface area (Å²) < 4.78 is 25.9. The molecule has 0 spiro atoms. The van der Waals surface area contributed by atoms with Crippen molar-refractivity contribution in [2.45, 2.75) is 19.4 Å². The first-order valence-corrected chi connectivity index (χ1v) is 10.6. The van der Waals surface area contributed by atoms with Gasteiger partial charge in [0.2, 0.25) is 10.0 Å². The van der Waals surface area contributed by atoms with Gasteiger partial charge in [0.1, 0.15) is 6.04 Å². The highest BCUT2D eigenvalue weighted by molar-refractivity contribution is 7.92. The minimum absolute atomic E-state index is 0.190. The molecule has 0 fully saturated rings. The summed E-state index contributed by atoms with van der Waals surface area (Å²) in [5.41, 5.74) is 2.07. The van der Waals surface area contributed by atoms with Gasteiger partial charge in [-0.1, -0.05) is 41.4 Å². The van der Waals surface area contributed by atoms with E-state index in [4.69, 9.17) is 23.2 Å². The van der Waals surface area contributed by atoms with Gasteiger partial charge in [-0.15, -0.1) is 0 Å². The van der Waals surface area contributed by atoms with E-state index in [-0.39, 0.29) is 16.6 Å². The summed E-state index contributed by atoms with van der Waals surface area (Å²) in [6.07, 6.45) is 1.79. The fourth-order valence-corrected chi connectivity index (χ4v) is 4.82. The van der Waals surface area contributed by atoms with Gasteiger partial charge in [-0.2, -0.15) is 0 Å². The third-order valence-electron chi connectivity index (χ3n) is 4.37. The van der Waals surface area contributed by atoms with Crippen molar-refractivity contribution in [3.05, 3.63) is 58.1 Å². The van der Waals surface area contributed by atoms with Gasteiger partial charge in [-0.05, 0) is 43.2 Å². The summed E-state index contributed by atoms with van der Waals surface area (Å²) in [6, 6.07) is 11.2.